The molecule has 1 amide bonds. The number of nitrogens with one attached hydrogen (secondary N) is 2. The number of amides is 1. The van der Waals surface area contributed by atoms with E-state index >= 15 is 0 Å². The second-order valence-electron chi connectivity index (χ2n) is 4.55. The third kappa shape index (κ3) is 3.45. The zero-order chi connectivity index (χ0) is 13.7. The van der Waals surface area contributed by atoms with Crippen LogP contribution in [0, 0.1) is 0 Å². The van der Waals surface area contributed by atoms with Crippen molar-refractivity contribution in [3.05, 3.63) is 35.4 Å². The second kappa shape index (κ2) is 6.19. The third-order valence-electron chi connectivity index (χ3n) is 3.17. The number of amidine groups is 1. The Morgan fingerprint density at radius 3 is 3.16 bits per heavy atom. The number of hydrogen-bond donors (Lipinski definition) is 4. The molecular formula is C13H18N4O2. The van der Waals surface area contributed by atoms with E-state index in [9.17, 15) is 4.79 Å². The fourth-order valence-electron chi connectivity index (χ4n) is 2.11. The van der Waals surface area contributed by atoms with E-state index in [1.54, 1.807) is 6.07 Å². The molecule has 1 unspecified atom stereocenters. The van der Waals surface area contributed by atoms with Gasteiger partial charge in [0, 0.05) is 18.7 Å². The van der Waals surface area contributed by atoms with Crippen molar-refractivity contribution < 1.29 is 10.0 Å². The third-order valence-corrected chi connectivity index (χ3v) is 3.17. The largest absolute Gasteiger partial charge is 0.409 e. The molecule has 6 heteroatoms. The minimum atomic E-state index is -0.138. The van der Waals surface area contributed by atoms with Crippen LogP contribution in [0.3, 0.4) is 0 Å². The highest BCUT2D eigenvalue weighted by Crippen LogP contribution is 2.08. The number of nitrogens with two attached hydrogens (primary N) is 1. The van der Waals surface area contributed by atoms with Crippen LogP contribution in [0.5, 0.6) is 0 Å². The quantitative estimate of drug-likeness (QED) is 0.268. The maximum Gasteiger partial charge on any atom is 0.237 e. The molecule has 102 valence electrons. The Morgan fingerprint density at radius 1 is 1.58 bits per heavy atom. The van der Waals surface area contributed by atoms with Gasteiger partial charge >= 0.3 is 0 Å². The lowest BCUT2D eigenvalue weighted by atomic mass is 10.1. The summed E-state index contributed by atoms with van der Waals surface area (Å²) < 4.78 is 0. The van der Waals surface area contributed by atoms with Crippen molar-refractivity contribution in [2.75, 3.05) is 6.54 Å². The van der Waals surface area contributed by atoms with Gasteiger partial charge in [-0.25, -0.2) is 0 Å². The average molecular weight is 262 g/mol. The number of piperidine rings is 1. The molecule has 1 aromatic carbocycles. The van der Waals surface area contributed by atoms with Crippen LogP contribution in [0.2, 0.25) is 0 Å². The molecule has 1 aromatic rings. The summed E-state index contributed by atoms with van der Waals surface area (Å²) in [6.45, 7) is 1.33. The van der Waals surface area contributed by atoms with Crippen molar-refractivity contribution in [2.24, 2.45) is 10.9 Å². The number of oxime groups is 1. The van der Waals surface area contributed by atoms with Crippen molar-refractivity contribution >= 4 is 11.7 Å². The molecule has 0 aliphatic carbocycles. The SMILES string of the molecule is NC(=NO)c1cccc(CNC2CCCNC2=O)c1. The zero-order valence-corrected chi connectivity index (χ0v) is 10.6. The van der Waals surface area contributed by atoms with Crippen molar-refractivity contribution in [3.63, 3.8) is 0 Å². The van der Waals surface area contributed by atoms with Crippen LogP contribution in [0.15, 0.2) is 29.4 Å². The summed E-state index contributed by atoms with van der Waals surface area (Å²) in [5.41, 5.74) is 7.19. The van der Waals surface area contributed by atoms with Gasteiger partial charge in [0.15, 0.2) is 5.84 Å². The van der Waals surface area contributed by atoms with Crippen molar-refractivity contribution in [2.45, 2.75) is 25.4 Å². The Balaban J connectivity index is 1.97. The number of hydrogen-bond acceptors (Lipinski definition) is 4. The zero-order valence-electron chi connectivity index (χ0n) is 10.6. The van der Waals surface area contributed by atoms with E-state index in [0.29, 0.717) is 12.1 Å². The molecule has 0 spiro atoms. The first-order valence-electron chi connectivity index (χ1n) is 6.28. The first-order valence-corrected chi connectivity index (χ1v) is 6.28. The summed E-state index contributed by atoms with van der Waals surface area (Å²) in [7, 11) is 0. The van der Waals surface area contributed by atoms with Gasteiger partial charge in [-0.05, 0) is 24.5 Å². The smallest absolute Gasteiger partial charge is 0.237 e. The predicted octanol–water partition coefficient (Wildman–Crippen LogP) is 0.149. The highest BCUT2D eigenvalue weighted by Gasteiger charge is 2.20. The molecule has 1 saturated heterocycles. The van der Waals surface area contributed by atoms with Crippen molar-refractivity contribution in [3.8, 4) is 0 Å². The molecule has 1 heterocycles. The van der Waals surface area contributed by atoms with E-state index in [1.807, 2.05) is 18.2 Å². The monoisotopic (exact) mass is 262 g/mol. The van der Waals surface area contributed by atoms with Gasteiger partial charge in [0.1, 0.15) is 0 Å². The first-order chi connectivity index (χ1) is 9.20. The molecule has 1 aliphatic rings. The topological polar surface area (TPSA) is 99.7 Å². The normalized spacial score (nSPS) is 20.1. The molecule has 0 aromatic heterocycles. The molecule has 1 atom stereocenters. The molecule has 6 nitrogen and oxygen atoms in total. The Hall–Kier alpha value is -2.08. The lowest BCUT2D eigenvalue weighted by Crippen LogP contribution is -2.47. The summed E-state index contributed by atoms with van der Waals surface area (Å²) in [5.74, 6) is 0.135. The average Bonchev–Trinajstić information content (AvgIpc) is 2.46. The summed E-state index contributed by atoms with van der Waals surface area (Å²) >= 11 is 0. The number of carbonyl (C=O) groups is 1. The molecule has 2 rings (SSSR count). The van der Waals surface area contributed by atoms with Gasteiger partial charge in [0.25, 0.3) is 0 Å². The lowest BCUT2D eigenvalue weighted by Gasteiger charge is -2.22. The molecular weight excluding hydrogens is 244 g/mol. The Kier molecular flexibility index (Phi) is 4.35. The van der Waals surface area contributed by atoms with Crippen molar-refractivity contribution in [1.29, 1.82) is 0 Å². The molecule has 0 saturated carbocycles. The fourth-order valence-corrected chi connectivity index (χ4v) is 2.11. The molecule has 0 radical (unpaired) electrons. The summed E-state index contributed by atoms with van der Waals surface area (Å²) in [4.78, 5) is 11.6. The van der Waals surface area contributed by atoms with Gasteiger partial charge in [-0.15, -0.1) is 0 Å². The molecule has 0 bridgehead atoms. The van der Waals surface area contributed by atoms with Crippen LogP contribution in [0.1, 0.15) is 24.0 Å². The second-order valence-corrected chi connectivity index (χ2v) is 4.55. The van der Waals surface area contributed by atoms with Gasteiger partial charge in [0.2, 0.25) is 5.91 Å². The summed E-state index contributed by atoms with van der Waals surface area (Å²) in [6.07, 6.45) is 1.85. The first kappa shape index (κ1) is 13.4. The predicted molar refractivity (Wildman–Crippen MR) is 71.8 cm³/mol. The van der Waals surface area contributed by atoms with Gasteiger partial charge in [0.05, 0.1) is 6.04 Å². The van der Waals surface area contributed by atoms with Gasteiger partial charge in [-0.2, -0.15) is 0 Å². The van der Waals surface area contributed by atoms with Crippen LogP contribution in [-0.2, 0) is 11.3 Å². The van der Waals surface area contributed by atoms with Crippen LogP contribution in [-0.4, -0.2) is 29.5 Å². The van der Waals surface area contributed by atoms with Crippen LogP contribution in [0.4, 0.5) is 0 Å². The van der Waals surface area contributed by atoms with E-state index in [-0.39, 0.29) is 17.8 Å². The maximum atomic E-state index is 11.6. The lowest BCUT2D eigenvalue weighted by molar-refractivity contribution is -0.124. The van der Waals surface area contributed by atoms with Crippen molar-refractivity contribution in [1.82, 2.24) is 10.6 Å². The van der Waals surface area contributed by atoms with Gasteiger partial charge in [-0.1, -0.05) is 23.4 Å². The molecule has 19 heavy (non-hydrogen) atoms. The summed E-state index contributed by atoms with van der Waals surface area (Å²) in [6, 6.07) is 7.24. The molecule has 1 aliphatic heterocycles. The van der Waals surface area contributed by atoms with E-state index < -0.39 is 0 Å². The number of nitrogens with zero attached hydrogens (tertiary/aromatic N) is 1. The highest BCUT2D eigenvalue weighted by molar-refractivity contribution is 5.97. The maximum absolute atomic E-state index is 11.6. The molecule has 1 fully saturated rings. The van der Waals surface area contributed by atoms with Gasteiger partial charge < -0.3 is 21.6 Å². The minimum Gasteiger partial charge on any atom is -0.409 e. The van der Waals surface area contributed by atoms with E-state index in [0.717, 1.165) is 24.9 Å². The minimum absolute atomic E-state index is 0.0545. The summed E-state index contributed by atoms with van der Waals surface area (Å²) in [5, 5.41) is 17.7. The fraction of sp³-hybridized carbons (Fsp3) is 0.385. The standard InChI is InChI=1S/C13H18N4O2/c14-12(17-19)10-4-1-3-9(7-10)8-16-11-5-2-6-15-13(11)18/h1,3-4,7,11,16,19H,2,5-6,8H2,(H2,14,17)(H,15,18). The molecule has 5 N–H and O–H groups in total. The van der Waals surface area contributed by atoms with Crippen LogP contribution >= 0.6 is 0 Å². The van der Waals surface area contributed by atoms with Crippen LogP contribution < -0.4 is 16.4 Å². The Bertz CT molecular complexity index is 487. The van der Waals surface area contributed by atoms with E-state index in [1.165, 1.54) is 0 Å². The Labute approximate surface area is 111 Å². The number of benzene rings is 1. The highest BCUT2D eigenvalue weighted by atomic mass is 16.4. The number of carbonyl (C=O) groups excluding carboxylic acids is 1. The van der Waals surface area contributed by atoms with Gasteiger partial charge in [-0.3, -0.25) is 4.79 Å². The van der Waals surface area contributed by atoms with E-state index in [2.05, 4.69) is 15.8 Å². The Morgan fingerprint density at radius 2 is 2.42 bits per heavy atom. The van der Waals surface area contributed by atoms with Crippen LogP contribution in [0.25, 0.3) is 0 Å². The number of rotatable bonds is 4. The van der Waals surface area contributed by atoms with E-state index in [4.69, 9.17) is 10.9 Å².